The van der Waals surface area contributed by atoms with Crippen molar-refractivity contribution >= 4 is 0 Å². The van der Waals surface area contributed by atoms with Crippen molar-refractivity contribution in [1.29, 1.82) is 0 Å². The van der Waals surface area contributed by atoms with Gasteiger partial charge in [-0.3, -0.25) is 0 Å². The van der Waals surface area contributed by atoms with Gasteiger partial charge < -0.3 is 5.11 Å². The van der Waals surface area contributed by atoms with E-state index >= 15 is 0 Å². The molecular weight excluding hydrogens is 197 g/mol. The van der Waals surface area contributed by atoms with Crippen molar-refractivity contribution in [1.82, 2.24) is 0 Å². The Bertz CT molecular complexity index is 142. The average molecular weight is 200 g/mol. The molecular formula is C4H3F7O. The molecule has 0 aliphatic rings. The van der Waals surface area contributed by atoms with Crippen LogP contribution in [0.15, 0.2) is 0 Å². The number of hydrogen-bond donors (Lipinski definition) is 1. The van der Waals surface area contributed by atoms with Gasteiger partial charge in [0.05, 0.1) is 0 Å². The zero-order valence-corrected chi connectivity index (χ0v) is 5.25. The molecule has 0 saturated carbocycles. The highest BCUT2D eigenvalue weighted by molar-refractivity contribution is 4.91. The van der Waals surface area contributed by atoms with Crippen molar-refractivity contribution in [2.75, 3.05) is 0 Å². The third-order valence-corrected chi connectivity index (χ3v) is 1.12. The fourth-order valence-electron chi connectivity index (χ4n) is 0.343. The molecule has 8 heteroatoms. The van der Waals surface area contributed by atoms with Gasteiger partial charge in [0.2, 0.25) is 0 Å². The molecule has 0 heterocycles. The number of rotatable bonds is 2. The largest absolute Gasteiger partial charge is 0.428 e. The highest BCUT2D eigenvalue weighted by Crippen LogP contribution is 2.39. The lowest BCUT2D eigenvalue weighted by atomic mass is 10.1. The van der Waals surface area contributed by atoms with Crippen LogP contribution in [0, 0.1) is 0 Å². The summed E-state index contributed by atoms with van der Waals surface area (Å²) in [6, 6.07) is 0. The summed E-state index contributed by atoms with van der Waals surface area (Å²) in [6.07, 6.45) is -15.2. The molecule has 0 aromatic heterocycles. The van der Waals surface area contributed by atoms with Gasteiger partial charge in [-0.05, 0) is 0 Å². The summed E-state index contributed by atoms with van der Waals surface area (Å²) in [4.78, 5) is 0. The number of halogens is 7. The SMILES string of the molecule is OC(C(F)F)(C(F)F)C(F)(F)F. The molecule has 0 aliphatic heterocycles. The third kappa shape index (κ3) is 1.62. The van der Waals surface area contributed by atoms with E-state index in [0.29, 0.717) is 0 Å². The Morgan fingerprint density at radius 1 is 0.833 bits per heavy atom. The minimum Gasteiger partial charge on any atom is -0.372 e. The molecule has 0 unspecified atom stereocenters. The second kappa shape index (κ2) is 3.08. The number of alkyl halides is 7. The Balaban J connectivity index is 4.89. The van der Waals surface area contributed by atoms with Gasteiger partial charge in [-0.25, -0.2) is 17.6 Å². The molecule has 74 valence electrons. The molecule has 0 aliphatic carbocycles. The minimum absolute atomic E-state index is 4.57. The molecule has 0 radical (unpaired) electrons. The number of aliphatic hydroxyl groups is 1. The van der Waals surface area contributed by atoms with E-state index in [1.165, 1.54) is 0 Å². The van der Waals surface area contributed by atoms with E-state index in [0.717, 1.165) is 0 Å². The van der Waals surface area contributed by atoms with Crippen LogP contribution in [-0.2, 0) is 0 Å². The summed E-state index contributed by atoms with van der Waals surface area (Å²) in [5.74, 6) is 0. The normalized spacial score (nSPS) is 14.5. The Hall–Kier alpha value is -0.530. The zero-order valence-electron chi connectivity index (χ0n) is 5.25. The van der Waals surface area contributed by atoms with E-state index in [9.17, 15) is 30.7 Å². The molecule has 0 amide bonds. The van der Waals surface area contributed by atoms with Crippen molar-refractivity contribution < 1.29 is 35.8 Å². The van der Waals surface area contributed by atoms with Gasteiger partial charge in [0.1, 0.15) is 0 Å². The molecule has 1 N–H and O–H groups in total. The van der Waals surface area contributed by atoms with Gasteiger partial charge in [0.15, 0.2) is 0 Å². The fourth-order valence-corrected chi connectivity index (χ4v) is 0.343. The standard InChI is InChI=1S/C4H3F7O/c5-1(6)3(12,2(7)8)4(9,10)11/h1-2,12H. The summed E-state index contributed by atoms with van der Waals surface area (Å²) in [5.41, 5.74) is -5.23. The maximum Gasteiger partial charge on any atom is 0.428 e. The van der Waals surface area contributed by atoms with Gasteiger partial charge in [0, 0.05) is 0 Å². The zero-order chi connectivity index (χ0) is 10.2. The lowest BCUT2D eigenvalue weighted by Gasteiger charge is -2.28. The van der Waals surface area contributed by atoms with Crippen molar-refractivity contribution in [2.24, 2.45) is 0 Å². The molecule has 0 aromatic rings. The van der Waals surface area contributed by atoms with Crippen LogP contribution < -0.4 is 0 Å². The molecule has 0 atom stereocenters. The molecule has 0 rings (SSSR count). The fraction of sp³-hybridized carbons (Fsp3) is 1.00. The maximum absolute atomic E-state index is 11.4. The first kappa shape index (κ1) is 11.5. The van der Waals surface area contributed by atoms with E-state index in [1.54, 1.807) is 0 Å². The first-order valence-corrected chi connectivity index (χ1v) is 2.49. The second-order valence-electron chi connectivity index (χ2n) is 1.92. The van der Waals surface area contributed by atoms with Gasteiger partial charge in [0.25, 0.3) is 18.5 Å². The van der Waals surface area contributed by atoms with E-state index < -0.39 is 24.6 Å². The molecule has 0 fully saturated rings. The highest BCUT2D eigenvalue weighted by Gasteiger charge is 2.66. The third-order valence-electron chi connectivity index (χ3n) is 1.12. The molecule has 0 aromatic carbocycles. The lowest BCUT2D eigenvalue weighted by Crippen LogP contribution is -2.56. The van der Waals surface area contributed by atoms with Crippen LogP contribution in [0.25, 0.3) is 0 Å². The smallest absolute Gasteiger partial charge is 0.372 e. The van der Waals surface area contributed by atoms with Crippen LogP contribution in [0.1, 0.15) is 0 Å². The molecule has 0 saturated heterocycles. The van der Waals surface area contributed by atoms with Gasteiger partial charge in [-0.1, -0.05) is 0 Å². The van der Waals surface area contributed by atoms with E-state index in [-0.39, 0.29) is 0 Å². The van der Waals surface area contributed by atoms with Gasteiger partial charge >= 0.3 is 6.18 Å². The van der Waals surface area contributed by atoms with E-state index in [2.05, 4.69) is 0 Å². The van der Waals surface area contributed by atoms with Crippen molar-refractivity contribution in [3.8, 4) is 0 Å². The Kier molecular flexibility index (Phi) is 2.94. The first-order chi connectivity index (χ1) is 5.14. The Labute approximate surface area is 61.8 Å². The summed E-state index contributed by atoms with van der Waals surface area (Å²) in [5, 5.41) is 7.88. The van der Waals surface area contributed by atoms with Crippen LogP contribution in [-0.4, -0.2) is 29.7 Å². The van der Waals surface area contributed by atoms with Gasteiger partial charge in [-0.15, -0.1) is 0 Å². The van der Waals surface area contributed by atoms with Crippen molar-refractivity contribution in [3.63, 3.8) is 0 Å². The van der Waals surface area contributed by atoms with Crippen LogP contribution in [0.4, 0.5) is 30.7 Å². The van der Waals surface area contributed by atoms with Crippen molar-refractivity contribution in [2.45, 2.75) is 24.6 Å². The molecule has 0 bridgehead atoms. The van der Waals surface area contributed by atoms with Gasteiger partial charge in [-0.2, -0.15) is 13.2 Å². The Morgan fingerprint density at radius 3 is 1.08 bits per heavy atom. The van der Waals surface area contributed by atoms with Crippen LogP contribution >= 0.6 is 0 Å². The summed E-state index contributed by atoms with van der Waals surface area (Å²) >= 11 is 0. The van der Waals surface area contributed by atoms with E-state index in [4.69, 9.17) is 5.11 Å². The summed E-state index contributed by atoms with van der Waals surface area (Å²) in [7, 11) is 0. The molecule has 12 heavy (non-hydrogen) atoms. The maximum atomic E-state index is 11.4. The van der Waals surface area contributed by atoms with Crippen LogP contribution in [0.2, 0.25) is 0 Å². The predicted molar refractivity (Wildman–Crippen MR) is 23.0 cm³/mol. The monoisotopic (exact) mass is 200 g/mol. The van der Waals surface area contributed by atoms with Crippen LogP contribution in [0.5, 0.6) is 0 Å². The summed E-state index contributed by atoms with van der Waals surface area (Å²) in [6.45, 7) is 0. The average Bonchev–Trinajstić information content (AvgIpc) is 1.82. The molecule has 1 nitrogen and oxygen atoms in total. The molecule has 0 spiro atoms. The Morgan fingerprint density at radius 2 is 1.08 bits per heavy atom. The lowest BCUT2D eigenvalue weighted by molar-refractivity contribution is -0.333. The summed E-state index contributed by atoms with van der Waals surface area (Å²) < 4.78 is 79.7. The first-order valence-electron chi connectivity index (χ1n) is 2.49. The number of hydrogen-bond acceptors (Lipinski definition) is 1. The van der Waals surface area contributed by atoms with E-state index in [1.807, 2.05) is 0 Å². The highest BCUT2D eigenvalue weighted by atomic mass is 19.4. The second-order valence-corrected chi connectivity index (χ2v) is 1.92. The predicted octanol–water partition coefficient (Wildman–Crippen LogP) is 1.81. The van der Waals surface area contributed by atoms with Crippen LogP contribution in [0.3, 0.4) is 0 Å². The topological polar surface area (TPSA) is 20.2 Å². The van der Waals surface area contributed by atoms with Crippen molar-refractivity contribution in [3.05, 3.63) is 0 Å². The minimum atomic E-state index is -6.05. The quantitative estimate of drug-likeness (QED) is 0.674.